The Morgan fingerprint density at radius 2 is 0.431 bits per heavy atom. The van der Waals surface area contributed by atoms with Crippen LogP contribution in [0, 0.1) is 0 Å². The van der Waals surface area contributed by atoms with Gasteiger partial charge in [-0.05, 0) is 129 Å². The fraction of sp³-hybridized carbons (Fsp3) is 0.515. The van der Waals surface area contributed by atoms with Crippen molar-refractivity contribution in [2.24, 2.45) is 0 Å². The first kappa shape index (κ1) is 74.9. The van der Waals surface area contributed by atoms with Crippen LogP contribution in [0.25, 0.3) is 120 Å². The van der Waals surface area contributed by atoms with Crippen LogP contribution >= 0.6 is 0 Å². The van der Waals surface area contributed by atoms with Crippen LogP contribution in [-0.2, 0) is 0 Å². The van der Waals surface area contributed by atoms with Gasteiger partial charge in [-0.1, -0.05) is 394 Å². The van der Waals surface area contributed by atoms with Crippen LogP contribution in [0.5, 0.6) is 0 Å². The minimum Gasteiger partial charge on any atom is -0.337 e. The summed E-state index contributed by atoms with van der Waals surface area (Å²) in [6, 6.07) is 65.0. The number of nitrogens with zero attached hydrogens (tertiary/aromatic N) is 3. The van der Waals surface area contributed by atoms with Gasteiger partial charge in [0, 0.05) is 67.0 Å². The van der Waals surface area contributed by atoms with Crippen molar-refractivity contribution in [3.63, 3.8) is 0 Å². The van der Waals surface area contributed by atoms with Crippen molar-refractivity contribution in [2.75, 3.05) is 0 Å². The highest BCUT2D eigenvalue weighted by molar-refractivity contribution is 6.29. The minimum absolute atomic E-state index is 0.365. The van der Waals surface area contributed by atoms with Crippen molar-refractivity contribution in [3.8, 4) is 22.3 Å². The molecule has 3 nitrogen and oxygen atoms in total. The molecule has 0 bridgehead atoms. The molecule has 0 atom stereocenters. The Kier molecular flexibility index (Phi) is 28.5. The Bertz CT molecular complexity index is 4510. The summed E-state index contributed by atoms with van der Waals surface area (Å²) >= 11 is 0. The average molecular weight is 1360 g/mol. The van der Waals surface area contributed by atoms with Gasteiger partial charge in [-0.3, -0.25) is 0 Å². The fourth-order valence-corrected chi connectivity index (χ4v) is 18.8. The molecule has 0 unspecified atom stereocenters. The molecular weight excluding hydrogens is 1230 g/mol. The SMILES string of the molecule is CCCCCCCCC(CCCCCCCC)n1c2ccccc2c2c3ccccc3c(-c3ccc4c5c6ccccc6c(-c6cc7c(c8ccccc68)c6ccccc6n7C(CCCCCCCC)CCCCCCCC)cc5n(C(CCCCCCCC)CCCCCCCC)c4c3)cc21. The number of para-hydroxylation sites is 2. The van der Waals surface area contributed by atoms with Crippen LogP contribution in [0.4, 0.5) is 0 Å². The molecular formula is C99H131N3. The maximum atomic E-state index is 2.98. The number of rotatable bonds is 47. The fourth-order valence-electron chi connectivity index (χ4n) is 18.8. The number of unbranched alkanes of at least 4 members (excludes halogenated alkanes) is 30. The molecule has 0 radical (unpaired) electrons. The largest absolute Gasteiger partial charge is 0.337 e. The molecule has 0 N–H and O–H groups in total. The third-order valence-electron chi connectivity index (χ3n) is 24.3. The van der Waals surface area contributed by atoms with Gasteiger partial charge in [0.15, 0.2) is 0 Å². The van der Waals surface area contributed by atoms with E-state index in [9.17, 15) is 0 Å². The van der Waals surface area contributed by atoms with Crippen molar-refractivity contribution >= 4 is 97.7 Å². The summed E-state index contributed by atoms with van der Waals surface area (Å²) < 4.78 is 8.75. The summed E-state index contributed by atoms with van der Waals surface area (Å²) in [4.78, 5) is 0. The van der Waals surface area contributed by atoms with Crippen molar-refractivity contribution in [1.29, 1.82) is 0 Å². The van der Waals surface area contributed by atoms with Crippen LogP contribution in [0.3, 0.4) is 0 Å². The lowest BCUT2D eigenvalue weighted by atomic mass is 9.90. The molecule has 0 spiro atoms. The molecule has 0 fully saturated rings. The summed E-state index contributed by atoms with van der Waals surface area (Å²) in [5, 5.41) is 16.8. The Hall–Kier alpha value is -6.84. The van der Waals surface area contributed by atoms with E-state index in [4.69, 9.17) is 0 Å². The highest BCUT2D eigenvalue weighted by Crippen LogP contribution is 2.50. The lowest BCUT2D eigenvalue weighted by Gasteiger charge is -2.24. The third-order valence-corrected chi connectivity index (χ3v) is 24.3. The molecule has 0 saturated carbocycles. The van der Waals surface area contributed by atoms with Gasteiger partial charge in [0.05, 0.1) is 16.6 Å². The lowest BCUT2D eigenvalue weighted by molar-refractivity contribution is 0.410. The molecule has 3 heterocycles. The number of hydrogen-bond acceptors (Lipinski definition) is 0. The zero-order chi connectivity index (χ0) is 70.2. The summed E-state index contributed by atoms with van der Waals surface area (Å²) in [6.45, 7) is 14.1. The van der Waals surface area contributed by atoms with E-state index in [-0.39, 0.29) is 0 Å². The first-order valence-electron chi connectivity index (χ1n) is 42.9. The average Bonchev–Trinajstić information content (AvgIpc) is 1.54. The van der Waals surface area contributed by atoms with Gasteiger partial charge in [-0.15, -0.1) is 0 Å². The summed E-state index contributed by atoms with van der Waals surface area (Å²) in [7, 11) is 0. The van der Waals surface area contributed by atoms with Crippen LogP contribution in [0.2, 0.25) is 0 Å². The monoisotopic (exact) mass is 1360 g/mol. The zero-order valence-corrected chi connectivity index (χ0v) is 64.8. The van der Waals surface area contributed by atoms with Gasteiger partial charge in [-0.25, -0.2) is 0 Å². The molecule has 3 heteroatoms. The van der Waals surface area contributed by atoms with E-state index < -0.39 is 0 Å². The predicted octanol–water partition coefficient (Wildman–Crippen LogP) is 32.9. The van der Waals surface area contributed by atoms with E-state index in [0.717, 1.165) is 0 Å². The number of hydrogen-bond donors (Lipinski definition) is 0. The topological polar surface area (TPSA) is 14.8 Å². The van der Waals surface area contributed by atoms with Crippen molar-refractivity contribution in [3.05, 3.63) is 158 Å². The lowest BCUT2D eigenvalue weighted by Crippen LogP contribution is -2.10. The Balaban J connectivity index is 1.08. The highest BCUT2D eigenvalue weighted by atomic mass is 15.0. The molecule has 12 rings (SSSR count). The second kappa shape index (κ2) is 38.8. The summed E-state index contributed by atoms with van der Waals surface area (Å²) in [5.74, 6) is 0. The Labute approximate surface area is 617 Å². The molecule has 0 aliphatic carbocycles. The minimum atomic E-state index is 0.365. The molecule has 102 heavy (non-hydrogen) atoms. The molecule has 0 amide bonds. The Morgan fingerprint density at radius 1 is 0.196 bits per heavy atom. The van der Waals surface area contributed by atoms with Crippen molar-refractivity contribution in [2.45, 2.75) is 329 Å². The summed E-state index contributed by atoms with van der Waals surface area (Å²) in [6.07, 6.45) is 55.1. The molecule has 9 aromatic carbocycles. The van der Waals surface area contributed by atoms with E-state index in [1.165, 1.54) is 390 Å². The van der Waals surface area contributed by atoms with E-state index in [2.05, 4.69) is 213 Å². The standard InChI is InChI=1S/C99H131N3/c1-7-13-19-25-31-37-53-76(54-38-32-26-20-14-8-2)100-91-67-51-49-65-85(91)97-82-62-46-43-59-79(82)88(72-94(97)100)75-69-70-87-93(71-75)102(78(57-41-35-29-23-17-11-5)58-42-36-30-24-18-12-6)96-74-90(81-61-45-48-64-84(81)99(87)96)89-73-95-98(83-63-47-44-60-80(83)89)86-66-50-52-68-92(86)101(95)77(55-39-33-27-21-15-9-3)56-40-34-28-22-16-10-4/h43-52,59-74,76-78H,7-42,53-58H2,1-6H3. The van der Waals surface area contributed by atoms with Crippen LogP contribution in [-0.4, -0.2) is 13.7 Å². The van der Waals surface area contributed by atoms with Gasteiger partial charge in [0.25, 0.3) is 0 Å². The normalized spacial score (nSPS) is 12.4. The van der Waals surface area contributed by atoms with Gasteiger partial charge in [0.1, 0.15) is 0 Å². The van der Waals surface area contributed by atoms with E-state index in [1.807, 2.05) is 0 Å². The Morgan fingerprint density at radius 3 is 0.745 bits per heavy atom. The molecule has 542 valence electrons. The van der Waals surface area contributed by atoms with Crippen molar-refractivity contribution < 1.29 is 0 Å². The van der Waals surface area contributed by atoms with Gasteiger partial charge >= 0.3 is 0 Å². The molecule has 0 saturated heterocycles. The second-order valence-electron chi connectivity index (χ2n) is 31.8. The second-order valence-corrected chi connectivity index (χ2v) is 31.8. The first-order valence-corrected chi connectivity index (χ1v) is 42.9. The zero-order valence-electron chi connectivity index (χ0n) is 64.8. The third kappa shape index (κ3) is 17.4. The maximum Gasteiger partial charge on any atom is 0.0506 e. The van der Waals surface area contributed by atoms with E-state index in [1.54, 1.807) is 0 Å². The molecule has 0 aliphatic heterocycles. The smallest absolute Gasteiger partial charge is 0.0506 e. The molecule has 3 aromatic heterocycles. The van der Waals surface area contributed by atoms with Gasteiger partial charge in [0.2, 0.25) is 0 Å². The number of fused-ring (bicyclic) bond motifs is 15. The van der Waals surface area contributed by atoms with Gasteiger partial charge in [-0.2, -0.15) is 0 Å². The van der Waals surface area contributed by atoms with E-state index >= 15 is 0 Å². The maximum absolute atomic E-state index is 2.98. The first-order chi connectivity index (χ1) is 50.5. The predicted molar refractivity (Wildman–Crippen MR) is 454 cm³/mol. The number of benzene rings is 9. The quantitative estimate of drug-likeness (QED) is 0.0338. The molecule has 12 aromatic rings. The number of aromatic nitrogens is 3. The molecule has 0 aliphatic rings. The van der Waals surface area contributed by atoms with Crippen molar-refractivity contribution in [1.82, 2.24) is 13.7 Å². The van der Waals surface area contributed by atoms with Crippen LogP contribution in [0.15, 0.2) is 158 Å². The highest BCUT2D eigenvalue weighted by Gasteiger charge is 2.28. The summed E-state index contributed by atoms with van der Waals surface area (Å²) in [5.41, 5.74) is 14.0. The van der Waals surface area contributed by atoms with Crippen LogP contribution in [0.1, 0.15) is 329 Å². The van der Waals surface area contributed by atoms with Crippen LogP contribution < -0.4 is 0 Å². The van der Waals surface area contributed by atoms with Gasteiger partial charge < -0.3 is 13.7 Å². The van der Waals surface area contributed by atoms with E-state index in [0.29, 0.717) is 18.1 Å².